The van der Waals surface area contributed by atoms with E-state index in [9.17, 15) is 4.79 Å². The van der Waals surface area contributed by atoms with E-state index < -0.39 is 0 Å². The van der Waals surface area contributed by atoms with Gasteiger partial charge >= 0.3 is 0 Å². The van der Waals surface area contributed by atoms with Crippen LogP contribution < -0.4 is 5.73 Å². The lowest BCUT2D eigenvalue weighted by molar-refractivity contribution is -0.122. The Morgan fingerprint density at radius 2 is 1.52 bits per heavy atom. The molecule has 3 nitrogen and oxygen atoms in total. The molecule has 1 unspecified atom stereocenters. The molecule has 124 valence electrons. The van der Waals surface area contributed by atoms with Crippen LogP contribution in [0.1, 0.15) is 84.0 Å². The maximum absolute atomic E-state index is 11.1. The van der Waals surface area contributed by atoms with Gasteiger partial charge in [-0.3, -0.25) is 4.79 Å². The highest BCUT2D eigenvalue weighted by molar-refractivity contribution is 5.76. The molecule has 0 aromatic carbocycles. The second-order valence-electron chi connectivity index (χ2n) is 5.92. The largest absolute Gasteiger partial charge is 0.396 e. The second-order valence-corrected chi connectivity index (χ2v) is 5.92. The first-order valence-electron chi connectivity index (χ1n) is 8.77. The van der Waals surface area contributed by atoms with Crippen molar-refractivity contribution >= 4 is 5.91 Å². The number of unbranched alkanes of at least 4 members (excludes halogenated alkanes) is 8. The minimum absolute atomic E-state index is 0.0522. The van der Waals surface area contributed by atoms with Gasteiger partial charge in [0, 0.05) is 12.5 Å². The highest BCUT2D eigenvalue weighted by atomic mass is 16.3. The maximum atomic E-state index is 11.1. The van der Waals surface area contributed by atoms with Gasteiger partial charge in [0.15, 0.2) is 0 Å². The van der Waals surface area contributed by atoms with Crippen LogP contribution in [0.3, 0.4) is 0 Å². The van der Waals surface area contributed by atoms with Crippen LogP contribution in [0.15, 0.2) is 12.2 Å². The van der Waals surface area contributed by atoms with Crippen LogP contribution in [-0.2, 0) is 4.79 Å². The molecular formula is C18H35NO2. The van der Waals surface area contributed by atoms with Gasteiger partial charge in [-0.15, -0.1) is 0 Å². The highest BCUT2D eigenvalue weighted by Gasteiger charge is 2.13. The van der Waals surface area contributed by atoms with Crippen molar-refractivity contribution in [3.63, 3.8) is 0 Å². The first kappa shape index (κ1) is 20.2. The van der Waals surface area contributed by atoms with Crippen LogP contribution >= 0.6 is 0 Å². The van der Waals surface area contributed by atoms with Gasteiger partial charge in [-0.2, -0.15) is 0 Å². The Morgan fingerprint density at radius 3 is 2.05 bits per heavy atom. The van der Waals surface area contributed by atoms with Crippen LogP contribution in [-0.4, -0.2) is 17.6 Å². The minimum Gasteiger partial charge on any atom is -0.396 e. The fourth-order valence-electron chi connectivity index (χ4n) is 2.52. The number of allylic oxidation sites excluding steroid dienone is 2. The molecule has 3 heteroatoms. The summed E-state index contributed by atoms with van der Waals surface area (Å²) in [6.45, 7) is 2.29. The number of aliphatic hydroxyl groups excluding tert-OH is 1. The van der Waals surface area contributed by atoms with Crippen molar-refractivity contribution in [3.05, 3.63) is 12.2 Å². The van der Waals surface area contributed by atoms with Gasteiger partial charge in [-0.25, -0.2) is 0 Å². The fraction of sp³-hybridized carbons (Fsp3) is 0.833. The van der Waals surface area contributed by atoms with Crippen LogP contribution in [0.4, 0.5) is 0 Å². The maximum Gasteiger partial charge on any atom is 0.220 e. The Labute approximate surface area is 131 Å². The average Bonchev–Trinajstić information content (AvgIpc) is 2.47. The number of amides is 1. The Balaban J connectivity index is 3.35. The van der Waals surface area contributed by atoms with E-state index in [0.717, 1.165) is 19.3 Å². The van der Waals surface area contributed by atoms with Crippen molar-refractivity contribution in [1.29, 1.82) is 0 Å². The number of carbonyl (C=O) groups is 1. The molecule has 0 saturated heterocycles. The molecule has 3 N–H and O–H groups in total. The summed E-state index contributed by atoms with van der Waals surface area (Å²) in [7, 11) is 0. The zero-order valence-corrected chi connectivity index (χ0v) is 13.9. The summed E-state index contributed by atoms with van der Waals surface area (Å²) >= 11 is 0. The van der Waals surface area contributed by atoms with E-state index in [1.807, 2.05) is 0 Å². The molecule has 21 heavy (non-hydrogen) atoms. The van der Waals surface area contributed by atoms with E-state index in [4.69, 9.17) is 10.8 Å². The predicted molar refractivity (Wildman–Crippen MR) is 90.0 cm³/mol. The molecule has 0 aromatic heterocycles. The van der Waals surface area contributed by atoms with Crippen LogP contribution in [0.25, 0.3) is 0 Å². The van der Waals surface area contributed by atoms with Crippen molar-refractivity contribution in [1.82, 2.24) is 0 Å². The molecular weight excluding hydrogens is 262 g/mol. The average molecular weight is 297 g/mol. The summed E-state index contributed by atoms with van der Waals surface area (Å²) < 4.78 is 0. The molecule has 0 radical (unpaired) electrons. The first-order chi connectivity index (χ1) is 10.2. The van der Waals surface area contributed by atoms with E-state index in [2.05, 4.69) is 19.1 Å². The van der Waals surface area contributed by atoms with E-state index in [1.54, 1.807) is 0 Å². The standard InChI is InChI=1S/C18H35NO2/c1-2-3-4-5-6-7-8-9-10-11-12-13-14-17(15-16-20)18(19)21/h7-8,17,20H,2-6,9-16H2,1H3,(H2,19,21)/b8-7-. The molecule has 0 aliphatic carbocycles. The van der Waals surface area contributed by atoms with Gasteiger partial charge in [0.05, 0.1) is 0 Å². The summed E-state index contributed by atoms with van der Waals surface area (Å²) in [4.78, 5) is 11.1. The van der Waals surface area contributed by atoms with Gasteiger partial charge in [0.2, 0.25) is 5.91 Å². The lowest BCUT2D eigenvalue weighted by Crippen LogP contribution is -2.24. The molecule has 0 saturated carbocycles. The van der Waals surface area contributed by atoms with Gasteiger partial charge in [-0.1, -0.05) is 57.6 Å². The van der Waals surface area contributed by atoms with E-state index >= 15 is 0 Å². The van der Waals surface area contributed by atoms with Crippen LogP contribution in [0, 0.1) is 5.92 Å². The van der Waals surface area contributed by atoms with Crippen LogP contribution in [0.5, 0.6) is 0 Å². The molecule has 0 aliphatic rings. The Hall–Kier alpha value is -0.830. The molecule has 0 aromatic rings. The fourth-order valence-corrected chi connectivity index (χ4v) is 2.52. The SMILES string of the molecule is CCCCCC/C=C\CCCCCCC(CCO)C(N)=O. The summed E-state index contributed by atoms with van der Waals surface area (Å²) in [6.07, 6.45) is 18.3. The molecule has 0 heterocycles. The third kappa shape index (κ3) is 13.9. The zero-order chi connectivity index (χ0) is 15.8. The van der Waals surface area contributed by atoms with E-state index in [0.29, 0.717) is 6.42 Å². The third-order valence-electron chi connectivity index (χ3n) is 3.94. The number of primary amides is 1. The summed E-state index contributed by atoms with van der Waals surface area (Å²) in [6, 6.07) is 0. The second kappa shape index (κ2) is 15.6. The van der Waals surface area contributed by atoms with Crippen molar-refractivity contribution < 1.29 is 9.90 Å². The molecule has 1 atom stereocenters. The molecule has 0 spiro atoms. The van der Waals surface area contributed by atoms with Crippen molar-refractivity contribution in [2.24, 2.45) is 11.7 Å². The smallest absolute Gasteiger partial charge is 0.220 e. The van der Waals surface area contributed by atoms with Crippen molar-refractivity contribution in [2.45, 2.75) is 84.0 Å². The predicted octanol–water partition coefficient (Wildman–Crippen LogP) is 4.34. The molecule has 0 aliphatic heterocycles. The minimum atomic E-state index is -0.268. The number of carbonyl (C=O) groups excluding carboxylic acids is 1. The van der Waals surface area contributed by atoms with E-state index in [1.165, 1.54) is 51.4 Å². The number of hydrogen-bond donors (Lipinski definition) is 2. The third-order valence-corrected chi connectivity index (χ3v) is 3.94. The monoisotopic (exact) mass is 297 g/mol. The number of aliphatic hydroxyl groups is 1. The van der Waals surface area contributed by atoms with Crippen molar-refractivity contribution in [3.8, 4) is 0 Å². The molecule has 0 rings (SSSR count). The number of rotatable bonds is 15. The normalized spacial score (nSPS) is 12.9. The summed E-state index contributed by atoms with van der Waals surface area (Å²) in [5, 5.41) is 8.86. The lowest BCUT2D eigenvalue weighted by Gasteiger charge is -2.10. The van der Waals surface area contributed by atoms with Gasteiger partial charge < -0.3 is 10.8 Å². The Kier molecular flexibility index (Phi) is 14.9. The van der Waals surface area contributed by atoms with Gasteiger partial charge in [0.1, 0.15) is 0 Å². The number of nitrogens with two attached hydrogens (primary N) is 1. The molecule has 0 bridgehead atoms. The molecule has 0 fully saturated rings. The van der Waals surface area contributed by atoms with Crippen molar-refractivity contribution in [2.75, 3.05) is 6.61 Å². The van der Waals surface area contributed by atoms with Gasteiger partial charge in [0.25, 0.3) is 0 Å². The Morgan fingerprint density at radius 1 is 0.952 bits per heavy atom. The summed E-state index contributed by atoms with van der Waals surface area (Å²) in [5.41, 5.74) is 5.30. The van der Waals surface area contributed by atoms with E-state index in [-0.39, 0.29) is 18.4 Å². The summed E-state index contributed by atoms with van der Waals surface area (Å²) in [5.74, 6) is -0.409. The Bertz CT molecular complexity index is 264. The highest BCUT2D eigenvalue weighted by Crippen LogP contribution is 2.14. The zero-order valence-electron chi connectivity index (χ0n) is 13.9. The molecule has 1 amide bonds. The first-order valence-corrected chi connectivity index (χ1v) is 8.77. The quantitative estimate of drug-likeness (QED) is 0.349. The van der Waals surface area contributed by atoms with Crippen LogP contribution in [0.2, 0.25) is 0 Å². The van der Waals surface area contributed by atoms with Gasteiger partial charge in [-0.05, 0) is 38.5 Å². The topological polar surface area (TPSA) is 63.3 Å². The lowest BCUT2D eigenvalue weighted by atomic mass is 9.97. The number of hydrogen-bond acceptors (Lipinski definition) is 2.